The second kappa shape index (κ2) is 7.03. The van der Waals surface area contributed by atoms with Gasteiger partial charge in [0.2, 0.25) is 0 Å². The molecule has 2 aromatic rings. The predicted octanol–water partition coefficient (Wildman–Crippen LogP) is 3.15. The molecule has 3 rings (SSSR count). The second-order valence-electron chi connectivity index (χ2n) is 5.71. The molecule has 1 aliphatic heterocycles. The largest absolute Gasteiger partial charge is 0.381 e. The molecule has 0 amide bonds. The van der Waals surface area contributed by atoms with Crippen LogP contribution in [0.1, 0.15) is 18.0 Å². The van der Waals surface area contributed by atoms with Crippen molar-refractivity contribution in [2.24, 2.45) is 5.92 Å². The van der Waals surface area contributed by atoms with Gasteiger partial charge < -0.3 is 14.8 Å². The summed E-state index contributed by atoms with van der Waals surface area (Å²) in [6.45, 7) is 3.23. The summed E-state index contributed by atoms with van der Waals surface area (Å²) in [5.74, 6) is 0.569. The third-order valence-corrected chi connectivity index (χ3v) is 4.19. The second-order valence-corrected chi connectivity index (χ2v) is 5.71. The Morgan fingerprint density at radius 3 is 2.86 bits per heavy atom. The molecule has 0 radical (unpaired) electrons. The fraction of sp³-hybridized carbons (Fsp3) is 0.444. The van der Waals surface area contributed by atoms with Gasteiger partial charge in [-0.25, -0.2) is 0 Å². The van der Waals surface area contributed by atoms with E-state index in [9.17, 15) is 0 Å². The molecular weight excluding hydrogens is 262 g/mol. The maximum absolute atomic E-state index is 5.89. The minimum absolute atomic E-state index is 0.233. The number of likely N-dealkylation sites (N-methyl/N-ethyl adjacent to an activating group) is 1. The van der Waals surface area contributed by atoms with Crippen molar-refractivity contribution in [1.82, 2.24) is 5.32 Å². The first-order chi connectivity index (χ1) is 10.4. The van der Waals surface area contributed by atoms with Crippen LogP contribution in [0.15, 0.2) is 42.5 Å². The summed E-state index contributed by atoms with van der Waals surface area (Å²) in [7, 11) is 1.99. The van der Waals surface area contributed by atoms with Crippen LogP contribution in [0.5, 0.6) is 0 Å². The first-order valence-electron chi connectivity index (χ1n) is 7.68. The Bertz CT molecular complexity index is 578. The molecule has 1 saturated heterocycles. The lowest BCUT2D eigenvalue weighted by atomic mass is 10.0. The fourth-order valence-electron chi connectivity index (χ4n) is 2.84. The SMILES string of the molecule is CNC(COCC1CCOC1)c1ccc2ccccc2c1. The standard InChI is InChI=1S/C18H23NO2/c1-19-18(13-21-12-14-8-9-20-11-14)17-7-6-15-4-2-3-5-16(15)10-17/h2-7,10,14,18-19H,8-9,11-13H2,1H3. The van der Waals surface area contributed by atoms with E-state index in [1.54, 1.807) is 0 Å². The number of hydrogen-bond acceptors (Lipinski definition) is 3. The van der Waals surface area contributed by atoms with Crippen LogP contribution in [-0.2, 0) is 9.47 Å². The summed E-state index contributed by atoms with van der Waals surface area (Å²) in [4.78, 5) is 0. The minimum Gasteiger partial charge on any atom is -0.381 e. The summed E-state index contributed by atoms with van der Waals surface area (Å²) < 4.78 is 11.3. The topological polar surface area (TPSA) is 30.5 Å². The van der Waals surface area contributed by atoms with Crippen molar-refractivity contribution >= 4 is 10.8 Å². The first kappa shape index (κ1) is 14.5. The van der Waals surface area contributed by atoms with Crippen molar-refractivity contribution in [1.29, 1.82) is 0 Å². The molecule has 1 N–H and O–H groups in total. The highest BCUT2D eigenvalue weighted by molar-refractivity contribution is 5.83. The van der Waals surface area contributed by atoms with E-state index in [-0.39, 0.29) is 6.04 Å². The van der Waals surface area contributed by atoms with E-state index >= 15 is 0 Å². The molecule has 0 saturated carbocycles. The molecule has 3 heteroatoms. The van der Waals surface area contributed by atoms with Crippen molar-refractivity contribution in [2.75, 3.05) is 33.5 Å². The molecular formula is C18H23NO2. The Kier molecular flexibility index (Phi) is 4.86. The third kappa shape index (κ3) is 3.62. The van der Waals surface area contributed by atoms with Crippen LogP contribution in [0, 0.1) is 5.92 Å². The highest BCUT2D eigenvalue weighted by Gasteiger charge is 2.17. The number of rotatable bonds is 6. The molecule has 0 aliphatic carbocycles. The lowest BCUT2D eigenvalue weighted by molar-refractivity contribution is 0.0758. The van der Waals surface area contributed by atoms with E-state index in [0.29, 0.717) is 12.5 Å². The molecule has 1 heterocycles. The van der Waals surface area contributed by atoms with Gasteiger partial charge in [0.15, 0.2) is 0 Å². The zero-order chi connectivity index (χ0) is 14.5. The van der Waals surface area contributed by atoms with Gasteiger partial charge in [-0.1, -0.05) is 36.4 Å². The van der Waals surface area contributed by atoms with Crippen LogP contribution < -0.4 is 5.32 Å². The van der Waals surface area contributed by atoms with Crippen molar-refractivity contribution < 1.29 is 9.47 Å². The predicted molar refractivity (Wildman–Crippen MR) is 85.5 cm³/mol. The lowest BCUT2D eigenvalue weighted by Crippen LogP contribution is -2.23. The van der Waals surface area contributed by atoms with Gasteiger partial charge in [0.25, 0.3) is 0 Å². The molecule has 0 aromatic heterocycles. The fourth-order valence-corrected chi connectivity index (χ4v) is 2.84. The maximum Gasteiger partial charge on any atom is 0.0661 e. The Morgan fingerprint density at radius 2 is 2.10 bits per heavy atom. The van der Waals surface area contributed by atoms with E-state index in [4.69, 9.17) is 9.47 Å². The van der Waals surface area contributed by atoms with Crippen molar-refractivity contribution in [3.05, 3.63) is 48.0 Å². The zero-order valence-electron chi connectivity index (χ0n) is 12.5. The average molecular weight is 285 g/mol. The van der Waals surface area contributed by atoms with E-state index in [2.05, 4.69) is 47.8 Å². The molecule has 1 aliphatic rings. The quantitative estimate of drug-likeness (QED) is 0.884. The van der Waals surface area contributed by atoms with Gasteiger partial charge in [-0.3, -0.25) is 0 Å². The van der Waals surface area contributed by atoms with Gasteiger partial charge in [-0.15, -0.1) is 0 Å². The highest BCUT2D eigenvalue weighted by Crippen LogP contribution is 2.21. The summed E-state index contributed by atoms with van der Waals surface area (Å²) in [6.07, 6.45) is 1.13. The van der Waals surface area contributed by atoms with Crippen molar-refractivity contribution in [3.8, 4) is 0 Å². The highest BCUT2D eigenvalue weighted by atomic mass is 16.5. The average Bonchev–Trinajstić information content (AvgIpc) is 3.04. The van der Waals surface area contributed by atoms with Gasteiger partial charge in [-0.2, -0.15) is 0 Å². The van der Waals surface area contributed by atoms with Crippen molar-refractivity contribution in [3.63, 3.8) is 0 Å². The Morgan fingerprint density at radius 1 is 1.24 bits per heavy atom. The van der Waals surface area contributed by atoms with E-state index < -0.39 is 0 Å². The number of ether oxygens (including phenoxy) is 2. The van der Waals surface area contributed by atoms with Gasteiger partial charge in [0.05, 0.1) is 25.9 Å². The van der Waals surface area contributed by atoms with E-state index in [1.165, 1.54) is 16.3 Å². The van der Waals surface area contributed by atoms with Crippen LogP contribution in [0.25, 0.3) is 10.8 Å². The van der Waals surface area contributed by atoms with Crippen LogP contribution in [0.3, 0.4) is 0 Å². The normalized spacial score (nSPS) is 20.0. The van der Waals surface area contributed by atoms with Gasteiger partial charge in [-0.05, 0) is 35.9 Å². The summed E-state index contributed by atoms with van der Waals surface area (Å²) in [6, 6.07) is 15.3. The van der Waals surface area contributed by atoms with Gasteiger partial charge in [0, 0.05) is 12.5 Å². The monoisotopic (exact) mass is 285 g/mol. The molecule has 3 nitrogen and oxygen atoms in total. The molecule has 2 atom stereocenters. The molecule has 1 fully saturated rings. The molecule has 2 unspecified atom stereocenters. The Balaban J connectivity index is 1.63. The summed E-state index contributed by atoms with van der Waals surface area (Å²) in [5.41, 5.74) is 1.28. The van der Waals surface area contributed by atoms with E-state index in [1.807, 2.05) is 7.05 Å². The minimum atomic E-state index is 0.233. The molecule has 2 aromatic carbocycles. The smallest absolute Gasteiger partial charge is 0.0661 e. The first-order valence-corrected chi connectivity index (χ1v) is 7.68. The van der Waals surface area contributed by atoms with Crippen LogP contribution in [0.2, 0.25) is 0 Å². The Hall–Kier alpha value is -1.42. The molecule has 21 heavy (non-hydrogen) atoms. The number of fused-ring (bicyclic) bond motifs is 1. The Labute approximate surface area is 126 Å². The van der Waals surface area contributed by atoms with Crippen molar-refractivity contribution in [2.45, 2.75) is 12.5 Å². The van der Waals surface area contributed by atoms with Gasteiger partial charge >= 0.3 is 0 Å². The summed E-state index contributed by atoms with van der Waals surface area (Å²) in [5, 5.41) is 5.91. The molecule has 0 bridgehead atoms. The van der Waals surface area contributed by atoms with Crippen LogP contribution in [0.4, 0.5) is 0 Å². The van der Waals surface area contributed by atoms with E-state index in [0.717, 1.165) is 26.2 Å². The number of nitrogens with one attached hydrogen (secondary N) is 1. The summed E-state index contributed by atoms with van der Waals surface area (Å²) >= 11 is 0. The van der Waals surface area contributed by atoms with Gasteiger partial charge in [0.1, 0.15) is 0 Å². The van der Waals surface area contributed by atoms with Crippen LogP contribution >= 0.6 is 0 Å². The van der Waals surface area contributed by atoms with Crippen LogP contribution in [-0.4, -0.2) is 33.5 Å². The third-order valence-electron chi connectivity index (χ3n) is 4.19. The number of benzene rings is 2. The number of hydrogen-bond donors (Lipinski definition) is 1. The molecule has 0 spiro atoms. The molecule has 112 valence electrons. The lowest BCUT2D eigenvalue weighted by Gasteiger charge is -2.18. The zero-order valence-corrected chi connectivity index (χ0v) is 12.5. The maximum atomic E-state index is 5.89.